The van der Waals surface area contributed by atoms with E-state index in [4.69, 9.17) is 0 Å². The lowest BCUT2D eigenvalue weighted by molar-refractivity contribution is 0.241. The van der Waals surface area contributed by atoms with Gasteiger partial charge in [0.1, 0.15) is 11.4 Å². The Kier molecular flexibility index (Phi) is 3.97. The van der Waals surface area contributed by atoms with Crippen molar-refractivity contribution in [3.8, 4) is 0 Å². The Morgan fingerprint density at radius 2 is 1.74 bits per heavy atom. The summed E-state index contributed by atoms with van der Waals surface area (Å²) < 4.78 is 12.9. The van der Waals surface area contributed by atoms with Crippen molar-refractivity contribution in [2.24, 2.45) is 0 Å². The highest BCUT2D eigenvalue weighted by molar-refractivity contribution is 5.50. The van der Waals surface area contributed by atoms with Crippen LogP contribution in [0.5, 0.6) is 0 Å². The maximum atomic E-state index is 12.9. The molecule has 2 aromatic rings. The zero-order chi connectivity index (χ0) is 13.7. The van der Waals surface area contributed by atoms with Gasteiger partial charge < -0.3 is 10.4 Å². The summed E-state index contributed by atoms with van der Waals surface area (Å²) in [5, 5.41) is 12.9. The lowest BCUT2D eigenvalue weighted by Crippen LogP contribution is -2.37. The average molecular weight is 257 g/mol. The monoisotopic (exact) mass is 257 g/mol. The number of benzene rings is 2. The van der Waals surface area contributed by atoms with Crippen molar-refractivity contribution in [1.29, 1.82) is 0 Å². The predicted octanol–water partition coefficient (Wildman–Crippen LogP) is 3.31. The molecule has 0 heterocycles. The van der Waals surface area contributed by atoms with Gasteiger partial charge in [-0.3, -0.25) is 0 Å². The zero-order valence-electron chi connectivity index (χ0n) is 10.5. The van der Waals surface area contributed by atoms with Crippen molar-refractivity contribution in [3.05, 3.63) is 78.6 Å². The van der Waals surface area contributed by atoms with Crippen LogP contribution in [-0.2, 0) is 5.54 Å². The topological polar surface area (TPSA) is 32.3 Å². The van der Waals surface area contributed by atoms with Gasteiger partial charge in [-0.1, -0.05) is 36.4 Å². The highest BCUT2D eigenvalue weighted by atomic mass is 19.1. The Balaban J connectivity index is 2.35. The molecule has 0 unspecified atom stereocenters. The van der Waals surface area contributed by atoms with Gasteiger partial charge in [0.25, 0.3) is 0 Å². The second kappa shape index (κ2) is 5.67. The molecule has 2 nitrogen and oxygen atoms in total. The number of halogens is 1. The molecule has 98 valence electrons. The summed E-state index contributed by atoms with van der Waals surface area (Å²) in [6, 6.07) is 15.5. The first-order chi connectivity index (χ1) is 9.20. The Labute approximate surface area is 112 Å². The van der Waals surface area contributed by atoms with E-state index in [0.717, 1.165) is 11.3 Å². The number of hydrogen-bond donors (Lipinski definition) is 2. The molecule has 0 saturated heterocycles. The highest BCUT2D eigenvalue weighted by Crippen LogP contribution is 2.27. The first-order valence-corrected chi connectivity index (χ1v) is 6.04. The van der Waals surface area contributed by atoms with E-state index in [0.29, 0.717) is 0 Å². The maximum Gasteiger partial charge on any atom is 0.123 e. The van der Waals surface area contributed by atoms with Gasteiger partial charge in [-0.2, -0.15) is 0 Å². The van der Waals surface area contributed by atoms with E-state index in [1.54, 1.807) is 18.2 Å². The SMILES string of the molecule is C=C[C@](CO)(Nc1ccc(F)cc1)c1ccccc1. The second-order valence-electron chi connectivity index (χ2n) is 4.33. The molecule has 0 spiro atoms. The summed E-state index contributed by atoms with van der Waals surface area (Å²) in [7, 11) is 0. The summed E-state index contributed by atoms with van der Waals surface area (Å²) in [5.41, 5.74) is 0.843. The maximum absolute atomic E-state index is 12.9. The van der Waals surface area contributed by atoms with E-state index in [1.807, 2.05) is 30.3 Å². The van der Waals surface area contributed by atoms with Crippen molar-refractivity contribution in [1.82, 2.24) is 0 Å². The second-order valence-corrected chi connectivity index (χ2v) is 4.33. The van der Waals surface area contributed by atoms with Crippen molar-refractivity contribution in [2.75, 3.05) is 11.9 Å². The third-order valence-electron chi connectivity index (χ3n) is 3.10. The number of rotatable bonds is 5. The lowest BCUT2D eigenvalue weighted by Gasteiger charge is -2.31. The van der Waals surface area contributed by atoms with Gasteiger partial charge in [0.2, 0.25) is 0 Å². The van der Waals surface area contributed by atoms with E-state index in [-0.39, 0.29) is 12.4 Å². The van der Waals surface area contributed by atoms with Gasteiger partial charge in [-0.05, 0) is 29.8 Å². The van der Waals surface area contributed by atoms with Crippen molar-refractivity contribution in [3.63, 3.8) is 0 Å². The number of aliphatic hydroxyl groups is 1. The highest BCUT2D eigenvalue weighted by Gasteiger charge is 2.27. The van der Waals surface area contributed by atoms with Gasteiger partial charge in [-0.25, -0.2) is 4.39 Å². The standard InChI is InChI=1S/C16H16FNO/c1-2-16(12-19,13-6-4-3-5-7-13)18-15-10-8-14(17)9-11-15/h2-11,18-19H,1,12H2/t16-/m1/s1. The fourth-order valence-electron chi connectivity index (χ4n) is 1.96. The Morgan fingerprint density at radius 3 is 2.26 bits per heavy atom. The minimum absolute atomic E-state index is 0.141. The van der Waals surface area contributed by atoms with Crippen molar-refractivity contribution < 1.29 is 9.50 Å². The molecular formula is C16H16FNO. The third-order valence-corrected chi connectivity index (χ3v) is 3.10. The first-order valence-electron chi connectivity index (χ1n) is 6.04. The van der Waals surface area contributed by atoms with Crippen LogP contribution < -0.4 is 5.32 Å². The number of anilines is 1. The van der Waals surface area contributed by atoms with Gasteiger partial charge >= 0.3 is 0 Å². The predicted molar refractivity (Wildman–Crippen MR) is 75.4 cm³/mol. The summed E-state index contributed by atoms with van der Waals surface area (Å²) in [6.07, 6.45) is 1.66. The molecule has 0 saturated carbocycles. The molecule has 0 aliphatic rings. The van der Waals surface area contributed by atoms with E-state index >= 15 is 0 Å². The summed E-state index contributed by atoms with van der Waals surface area (Å²) >= 11 is 0. The molecule has 0 fully saturated rings. The molecular weight excluding hydrogens is 241 g/mol. The first kappa shape index (κ1) is 13.3. The summed E-state index contributed by atoms with van der Waals surface area (Å²) in [6.45, 7) is 3.66. The largest absolute Gasteiger partial charge is 0.393 e. The molecule has 2 aromatic carbocycles. The van der Waals surface area contributed by atoms with E-state index in [9.17, 15) is 9.50 Å². The Morgan fingerprint density at radius 1 is 1.11 bits per heavy atom. The molecule has 3 heteroatoms. The number of aliphatic hydroxyl groups excluding tert-OH is 1. The molecule has 0 amide bonds. The smallest absolute Gasteiger partial charge is 0.123 e. The molecule has 0 aliphatic carbocycles. The number of hydrogen-bond acceptors (Lipinski definition) is 2. The zero-order valence-corrected chi connectivity index (χ0v) is 10.5. The molecule has 1 atom stereocenters. The summed E-state index contributed by atoms with van der Waals surface area (Å²) in [4.78, 5) is 0. The molecule has 0 bridgehead atoms. The van der Waals surface area contributed by atoms with Crippen LogP contribution in [0.15, 0.2) is 67.3 Å². The van der Waals surface area contributed by atoms with Crippen LogP contribution in [0.3, 0.4) is 0 Å². The molecule has 2 N–H and O–H groups in total. The van der Waals surface area contributed by atoms with Crippen LogP contribution in [0.4, 0.5) is 10.1 Å². The van der Waals surface area contributed by atoms with Crippen molar-refractivity contribution in [2.45, 2.75) is 5.54 Å². The Bertz CT molecular complexity index is 538. The van der Waals surface area contributed by atoms with Gasteiger partial charge in [0, 0.05) is 5.69 Å². The molecule has 2 rings (SSSR count). The number of nitrogens with one attached hydrogen (secondary N) is 1. The molecule has 0 radical (unpaired) electrons. The van der Waals surface area contributed by atoms with Crippen LogP contribution in [0.1, 0.15) is 5.56 Å². The minimum atomic E-state index is -0.779. The van der Waals surface area contributed by atoms with Crippen molar-refractivity contribution >= 4 is 5.69 Å². The third kappa shape index (κ3) is 2.83. The van der Waals surface area contributed by atoms with Crippen LogP contribution in [0, 0.1) is 5.82 Å². The van der Waals surface area contributed by atoms with E-state index < -0.39 is 5.54 Å². The fourth-order valence-corrected chi connectivity index (χ4v) is 1.96. The molecule has 0 aliphatic heterocycles. The molecule has 0 aromatic heterocycles. The Hall–Kier alpha value is -2.13. The van der Waals surface area contributed by atoms with Gasteiger partial charge in [0.05, 0.1) is 6.61 Å². The van der Waals surface area contributed by atoms with Crippen LogP contribution in [0.25, 0.3) is 0 Å². The van der Waals surface area contributed by atoms with Gasteiger partial charge in [-0.15, -0.1) is 6.58 Å². The summed E-state index contributed by atoms with van der Waals surface area (Å²) in [5.74, 6) is -0.293. The van der Waals surface area contributed by atoms with Crippen LogP contribution in [0.2, 0.25) is 0 Å². The van der Waals surface area contributed by atoms with E-state index in [1.165, 1.54) is 12.1 Å². The molecule has 19 heavy (non-hydrogen) atoms. The minimum Gasteiger partial charge on any atom is -0.393 e. The lowest BCUT2D eigenvalue weighted by atomic mass is 9.90. The average Bonchev–Trinajstić information content (AvgIpc) is 2.48. The van der Waals surface area contributed by atoms with Crippen LogP contribution in [-0.4, -0.2) is 11.7 Å². The van der Waals surface area contributed by atoms with Crippen LogP contribution >= 0.6 is 0 Å². The van der Waals surface area contributed by atoms with Gasteiger partial charge in [0.15, 0.2) is 0 Å². The fraction of sp³-hybridized carbons (Fsp3) is 0.125. The quantitative estimate of drug-likeness (QED) is 0.805. The van der Waals surface area contributed by atoms with E-state index in [2.05, 4.69) is 11.9 Å². The normalized spacial score (nSPS) is 13.6.